The molecule has 1 N–H and O–H groups in total. The summed E-state index contributed by atoms with van der Waals surface area (Å²) in [6, 6.07) is 41.2. The Kier molecular flexibility index (Phi) is 6.44. The highest BCUT2D eigenvalue weighted by atomic mass is 32.1. The minimum absolute atomic E-state index is 0.424. The van der Waals surface area contributed by atoms with Crippen molar-refractivity contribution >= 4 is 77.2 Å². The first-order chi connectivity index (χ1) is 21.7. The van der Waals surface area contributed by atoms with Crippen LogP contribution in [0, 0.1) is 0 Å². The van der Waals surface area contributed by atoms with Gasteiger partial charge in [0.2, 0.25) is 0 Å². The molecular weight excluding hydrogens is 571 g/mol. The Morgan fingerprint density at radius 1 is 0.644 bits per heavy atom. The number of hydrogen-bond acceptors (Lipinski definition) is 4. The van der Waals surface area contributed by atoms with Crippen LogP contribution in [0.3, 0.4) is 0 Å². The summed E-state index contributed by atoms with van der Waals surface area (Å²) in [4.78, 5) is 0. The van der Waals surface area contributed by atoms with Crippen LogP contribution in [0.4, 0.5) is 0 Å². The summed E-state index contributed by atoms with van der Waals surface area (Å²) in [6.45, 7) is 7.44. The van der Waals surface area contributed by atoms with E-state index in [0.29, 0.717) is 7.48 Å². The fourth-order valence-electron chi connectivity index (χ4n) is 6.30. The Morgan fingerprint density at radius 3 is 2.24 bits per heavy atom. The summed E-state index contributed by atoms with van der Waals surface area (Å²) in [5.74, 6) is 0. The van der Waals surface area contributed by atoms with Crippen molar-refractivity contribution in [1.82, 2.24) is 0 Å². The van der Waals surface area contributed by atoms with Crippen LogP contribution in [0.2, 0.25) is 0 Å². The molecule has 5 heteroatoms. The number of thiophene rings is 1. The molecule has 0 saturated heterocycles. The smallest absolute Gasteiger partial charge is 0.309 e. The summed E-state index contributed by atoms with van der Waals surface area (Å²) in [5, 5.41) is 17.7. The van der Waals surface area contributed by atoms with Gasteiger partial charge < -0.3 is 14.2 Å². The number of rotatable bonds is 6. The minimum atomic E-state index is -0.954. The largest absolute Gasteiger partial charge is 0.455 e. The molecule has 2 heterocycles. The van der Waals surface area contributed by atoms with E-state index in [1.54, 1.807) is 13.8 Å². The standard InChI is InChI=1S/C40H33BO3S/c1-39(2,42)40(3,4)44-41-27-12-7-11-25(22-27)29-15-9-17-35-37(29)32-23-26(19-21-34(32)45-35)28-14-8-16-33-36(28)31-20-18-24-10-5-6-13-30(24)38(31)43-33/h5-23,41-42H,1-4H3. The first-order valence-electron chi connectivity index (χ1n) is 15.4. The molecular formula is C40H33BO3S. The molecule has 0 spiro atoms. The number of aliphatic hydroxyl groups is 1. The van der Waals surface area contributed by atoms with E-state index in [1.807, 2.05) is 25.2 Å². The zero-order valence-electron chi connectivity index (χ0n) is 25.8. The van der Waals surface area contributed by atoms with Gasteiger partial charge in [-0.25, -0.2) is 0 Å². The van der Waals surface area contributed by atoms with Gasteiger partial charge in [-0.05, 0) is 85.7 Å². The van der Waals surface area contributed by atoms with Gasteiger partial charge in [-0.2, -0.15) is 0 Å². The van der Waals surface area contributed by atoms with Gasteiger partial charge in [0.15, 0.2) is 0 Å². The van der Waals surface area contributed by atoms with Crippen LogP contribution in [0.5, 0.6) is 0 Å². The summed E-state index contributed by atoms with van der Waals surface area (Å²) in [6.07, 6.45) is 0. The van der Waals surface area contributed by atoms with E-state index >= 15 is 0 Å². The first kappa shape index (κ1) is 28.1. The van der Waals surface area contributed by atoms with Crippen molar-refractivity contribution in [1.29, 1.82) is 0 Å². The topological polar surface area (TPSA) is 42.6 Å². The average molecular weight is 605 g/mol. The second-order valence-corrected chi connectivity index (χ2v) is 14.1. The fraction of sp³-hybridized carbons (Fsp3) is 0.150. The summed E-state index contributed by atoms with van der Waals surface area (Å²) in [5.41, 5.74) is 6.00. The van der Waals surface area contributed by atoms with E-state index in [9.17, 15) is 5.11 Å². The molecule has 8 rings (SSSR count). The molecule has 8 aromatic rings. The van der Waals surface area contributed by atoms with Crippen molar-refractivity contribution in [2.45, 2.75) is 38.9 Å². The number of benzene rings is 6. The van der Waals surface area contributed by atoms with Crippen molar-refractivity contribution in [3.05, 3.63) is 115 Å². The predicted octanol–water partition coefficient (Wildman–Crippen LogP) is 9.98. The van der Waals surface area contributed by atoms with E-state index in [0.717, 1.165) is 38.4 Å². The highest BCUT2D eigenvalue weighted by molar-refractivity contribution is 7.26. The van der Waals surface area contributed by atoms with Gasteiger partial charge in [-0.15, -0.1) is 11.3 Å². The maximum Gasteiger partial charge on any atom is 0.309 e. The van der Waals surface area contributed by atoms with Gasteiger partial charge in [0.05, 0.1) is 11.2 Å². The molecule has 0 unspecified atom stereocenters. The molecule has 0 aliphatic rings. The van der Waals surface area contributed by atoms with Crippen LogP contribution in [-0.4, -0.2) is 23.8 Å². The Hall–Kier alpha value is -4.42. The lowest BCUT2D eigenvalue weighted by atomic mass is 9.81. The van der Waals surface area contributed by atoms with Gasteiger partial charge in [0, 0.05) is 36.3 Å². The van der Waals surface area contributed by atoms with Crippen LogP contribution < -0.4 is 5.46 Å². The summed E-state index contributed by atoms with van der Waals surface area (Å²) >= 11 is 1.83. The third-order valence-electron chi connectivity index (χ3n) is 9.50. The lowest BCUT2D eigenvalue weighted by Gasteiger charge is -2.37. The zero-order valence-corrected chi connectivity index (χ0v) is 26.7. The van der Waals surface area contributed by atoms with Crippen molar-refractivity contribution in [2.24, 2.45) is 0 Å². The first-order valence-corrected chi connectivity index (χ1v) is 16.2. The Bertz CT molecular complexity index is 2410. The van der Waals surface area contributed by atoms with E-state index in [1.165, 1.54) is 42.2 Å². The maximum absolute atomic E-state index is 10.6. The second kappa shape index (κ2) is 10.3. The molecule has 0 saturated carbocycles. The Balaban J connectivity index is 1.26. The third kappa shape index (κ3) is 4.66. The molecule has 0 bridgehead atoms. The quantitative estimate of drug-likeness (QED) is 0.192. The normalized spacial score (nSPS) is 12.6. The molecule has 3 nitrogen and oxygen atoms in total. The molecule has 220 valence electrons. The van der Waals surface area contributed by atoms with Gasteiger partial charge >= 0.3 is 7.48 Å². The number of hydrogen-bond donors (Lipinski definition) is 1. The summed E-state index contributed by atoms with van der Waals surface area (Å²) in [7, 11) is 0.424. The average Bonchev–Trinajstić information content (AvgIpc) is 3.62. The third-order valence-corrected chi connectivity index (χ3v) is 10.6. The van der Waals surface area contributed by atoms with Gasteiger partial charge in [-0.3, -0.25) is 0 Å². The van der Waals surface area contributed by atoms with E-state index in [-0.39, 0.29) is 0 Å². The minimum Gasteiger partial charge on any atom is -0.455 e. The lowest BCUT2D eigenvalue weighted by Crippen LogP contribution is -2.49. The van der Waals surface area contributed by atoms with Crippen molar-refractivity contribution in [3.8, 4) is 22.3 Å². The molecule has 0 aliphatic carbocycles. The van der Waals surface area contributed by atoms with Crippen LogP contribution in [0.15, 0.2) is 120 Å². The van der Waals surface area contributed by atoms with E-state index in [2.05, 4.69) is 115 Å². The molecule has 45 heavy (non-hydrogen) atoms. The zero-order chi connectivity index (χ0) is 30.9. The maximum atomic E-state index is 10.6. The van der Waals surface area contributed by atoms with Gasteiger partial charge in [0.25, 0.3) is 0 Å². The van der Waals surface area contributed by atoms with Crippen LogP contribution >= 0.6 is 11.3 Å². The number of fused-ring (bicyclic) bond motifs is 8. The fourth-order valence-corrected chi connectivity index (χ4v) is 7.41. The SMILES string of the molecule is CC(C)(O)C(C)(C)OBc1cccc(-c2cccc3sc4ccc(-c5cccc6oc7c8ccccc8ccc7c56)cc4c23)c1. The highest BCUT2D eigenvalue weighted by Crippen LogP contribution is 2.44. The van der Waals surface area contributed by atoms with Crippen LogP contribution in [-0.2, 0) is 4.65 Å². The Labute approximate surface area is 267 Å². The lowest BCUT2D eigenvalue weighted by molar-refractivity contribution is -0.0893. The highest BCUT2D eigenvalue weighted by Gasteiger charge is 2.35. The second-order valence-electron chi connectivity index (χ2n) is 13.0. The molecule has 0 aliphatic heterocycles. The van der Waals surface area contributed by atoms with Crippen molar-refractivity contribution in [3.63, 3.8) is 0 Å². The van der Waals surface area contributed by atoms with Gasteiger partial charge in [0.1, 0.15) is 11.2 Å². The van der Waals surface area contributed by atoms with E-state index in [4.69, 9.17) is 9.07 Å². The monoisotopic (exact) mass is 604 g/mol. The summed E-state index contributed by atoms with van der Waals surface area (Å²) < 4.78 is 15.2. The number of furan rings is 1. The van der Waals surface area contributed by atoms with Crippen LogP contribution in [0.1, 0.15) is 27.7 Å². The molecule has 6 aromatic carbocycles. The van der Waals surface area contributed by atoms with E-state index < -0.39 is 11.2 Å². The molecule has 0 radical (unpaired) electrons. The van der Waals surface area contributed by atoms with Crippen molar-refractivity contribution in [2.75, 3.05) is 0 Å². The Morgan fingerprint density at radius 2 is 1.40 bits per heavy atom. The molecule has 0 fully saturated rings. The molecule has 0 amide bonds. The van der Waals surface area contributed by atoms with Gasteiger partial charge in [-0.1, -0.05) is 90.4 Å². The van der Waals surface area contributed by atoms with Crippen molar-refractivity contribution < 1.29 is 14.2 Å². The molecule has 0 atom stereocenters. The van der Waals surface area contributed by atoms with Crippen LogP contribution in [0.25, 0.3) is 75.1 Å². The predicted molar refractivity (Wildman–Crippen MR) is 193 cm³/mol. The molecule has 2 aromatic heterocycles.